The van der Waals surface area contributed by atoms with Gasteiger partial charge in [-0.1, -0.05) is 0 Å². The lowest BCUT2D eigenvalue weighted by molar-refractivity contribution is 0.133. The molecule has 120 valence electrons. The van der Waals surface area contributed by atoms with E-state index in [2.05, 4.69) is 26.0 Å². The highest BCUT2D eigenvalue weighted by Gasteiger charge is 2.38. The number of ether oxygens (including phenoxy) is 1. The molecule has 4 rings (SSSR count). The molecule has 4 heterocycles. The van der Waals surface area contributed by atoms with Gasteiger partial charge in [0.05, 0.1) is 6.61 Å². The SMILES string of the molecule is C#Cc1n[nH]c2nc(N3CCC4(CCOC4)CC3)n(C)c(=O)c12. The van der Waals surface area contributed by atoms with Gasteiger partial charge in [0.25, 0.3) is 5.56 Å². The van der Waals surface area contributed by atoms with Gasteiger partial charge >= 0.3 is 0 Å². The fourth-order valence-corrected chi connectivity index (χ4v) is 3.66. The van der Waals surface area contributed by atoms with Crippen molar-refractivity contribution in [2.24, 2.45) is 12.5 Å². The summed E-state index contributed by atoms with van der Waals surface area (Å²) in [6, 6.07) is 0. The third-order valence-corrected chi connectivity index (χ3v) is 5.21. The van der Waals surface area contributed by atoms with Gasteiger partial charge in [-0.25, -0.2) is 0 Å². The molecule has 2 aliphatic heterocycles. The number of nitrogens with zero attached hydrogens (tertiary/aromatic N) is 4. The zero-order valence-corrected chi connectivity index (χ0v) is 13.1. The van der Waals surface area contributed by atoms with Crippen LogP contribution in [0.5, 0.6) is 0 Å². The smallest absolute Gasteiger partial charge is 0.267 e. The molecule has 7 heteroatoms. The maximum Gasteiger partial charge on any atom is 0.267 e. The van der Waals surface area contributed by atoms with Crippen molar-refractivity contribution in [3.8, 4) is 12.3 Å². The number of fused-ring (bicyclic) bond motifs is 1. The summed E-state index contributed by atoms with van der Waals surface area (Å²) < 4.78 is 7.14. The number of aromatic nitrogens is 4. The van der Waals surface area contributed by atoms with Gasteiger partial charge in [0.15, 0.2) is 5.65 Å². The molecule has 0 unspecified atom stereocenters. The largest absolute Gasteiger partial charge is 0.381 e. The van der Waals surface area contributed by atoms with E-state index in [9.17, 15) is 4.79 Å². The molecule has 0 saturated carbocycles. The zero-order valence-electron chi connectivity index (χ0n) is 13.1. The molecular weight excluding hydrogens is 294 g/mol. The predicted octanol–water partition coefficient (Wildman–Crippen LogP) is 0.645. The van der Waals surface area contributed by atoms with Crippen molar-refractivity contribution < 1.29 is 4.74 Å². The van der Waals surface area contributed by atoms with E-state index < -0.39 is 0 Å². The summed E-state index contributed by atoms with van der Waals surface area (Å²) in [7, 11) is 1.74. The lowest BCUT2D eigenvalue weighted by Gasteiger charge is -2.39. The second-order valence-corrected chi connectivity index (χ2v) is 6.51. The Hall–Kier alpha value is -2.33. The first-order valence-electron chi connectivity index (χ1n) is 7.88. The van der Waals surface area contributed by atoms with Crippen molar-refractivity contribution in [3.63, 3.8) is 0 Å². The van der Waals surface area contributed by atoms with Gasteiger partial charge in [0.2, 0.25) is 5.95 Å². The van der Waals surface area contributed by atoms with Crippen molar-refractivity contribution in [1.29, 1.82) is 0 Å². The van der Waals surface area contributed by atoms with Gasteiger partial charge in [-0.05, 0) is 30.6 Å². The van der Waals surface area contributed by atoms with E-state index >= 15 is 0 Å². The molecule has 1 spiro atoms. The predicted molar refractivity (Wildman–Crippen MR) is 86.4 cm³/mol. The fraction of sp³-hybridized carbons (Fsp3) is 0.562. The summed E-state index contributed by atoms with van der Waals surface area (Å²) in [5, 5.41) is 7.15. The van der Waals surface area contributed by atoms with Crippen LogP contribution in [0.15, 0.2) is 4.79 Å². The van der Waals surface area contributed by atoms with E-state index in [1.165, 1.54) is 0 Å². The molecule has 0 radical (unpaired) electrons. The molecule has 0 aromatic carbocycles. The van der Waals surface area contributed by atoms with Crippen LogP contribution in [0, 0.1) is 17.8 Å². The van der Waals surface area contributed by atoms with Crippen LogP contribution in [0.4, 0.5) is 5.95 Å². The van der Waals surface area contributed by atoms with Crippen LogP contribution in [-0.4, -0.2) is 46.1 Å². The minimum absolute atomic E-state index is 0.156. The lowest BCUT2D eigenvalue weighted by atomic mass is 9.78. The highest BCUT2D eigenvalue weighted by atomic mass is 16.5. The van der Waals surface area contributed by atoms with Crippen LogP contribution >= 0.6 is 0 Å². The van der Waals surface area contributed by atoms with Gasteiger partial charge in [0.1, 0.15) is 11.1 Å². The second kappa shape index (κ2) is 5.10. The topological polar surface area (TPSA) is 76.0 Å². The minimum Gasteiger partial charge on any atom is -0.381 e. The minimum atomic E-state index is -0.156. The lowest BCUT2D eigenvalue weighted by Crippen LogP contribution is -2.43. The number of piperidine rings is 1. The highest BCUT2D eigenvalue weighted by molar-refractivity contribution is 5.80. The first-order valence-corrected chi connectivity index (χ1v) is 7.88. The Balaban J connectivity index is 1.69. The maximum absolute atomic E-state index is 12.6. The third-order valence-electron chi connectivity index (χ3n) is 5.21. The van der Waals surface area contributed by atoms with E-state index in [-0.39, 0.29) is 5.56 Å². The van der Waals surface area contributed by atoms with Crippen molar-refractivity contribution in [2.45, 2.75) is 19.3 Å². The van der Waals surface area contributed by atoms with E-state index in [0.717, 1.165) is 45.6 Å². The molecule has 2 aromatic rings. The second-order valence-electron chi connectivity index (χ2n) is 6.51. The van der Waals surface area contributed by atoms with Crippen LogP contribution in [0.3, 0.4) is 0 Å². The molecule has 0 amide bonds. The van der Waals surface area contributed by atoms with Crippen LogP contribution in [0.2, 0.25) is 0 Å². The normalized spacial score (nSPS) is 20.3. The van der Waals surface area contributed by atoms with Gasteiger partial charge in [-0.2, -0.15) is 10.1 Å². The summed E-state index contributed by atoms with van der Waals surface area (Å²) in [4.78, 5) is 19.4. The molecule has 2 aliphatic rings. The molecule has 2 saturated heterocycles. The number of hydrogen-bond acceptors (Lipinski definition) is 5. The molecule has 7 nitrogen and oxygen atoms in total. The number of rotatable bonds is 1. The first-order chi connectivity index (χ1) is 11.1. The Labute approximate surface area is 133 Å². The molecule has 1 N–H and O–H groups in total. The standard InChI is InChI=1S/C16H19N5O2/c1-3-11-12-13(19-18-11)17-15(20(2)14(12)22)21-7-4-16(5-8-21)6-9-23-10-16/h1H,4-10H2,2H3,(H,18,19). The van der Waals surface area contributed by atoms with Gasteiger partial charge in [-0.3, -0.25) is 14.5 Å². The maximum atomic E-state index is 12.6. The van der Waals surface area contributed by atoms with Gasteiger partial charge in [-0.15, -0.1) is 6.42 Å². The number of H-pyrrole nitrogens is 1. The van der Waals surface area contributed by atoms with Crippen LogP contribution in [0.1, 0.15) is 25.0 Å². The molecule has 23 heavy (non-hydrogen) atoms. The third kappa shape index (κ3) is 2.13. The van der Waals surface area contributed by atoms with Crippen LogP contribution in [0.25, 0.3) is 11.0 Å². The molecule has 2 aromatic heterocycles. The van der Waals surface area contributed by atoms with Crippen molar-refractivity contribution in [3.05, 3.63) is 16.0 Å². The summed E-state index contributed by atoms with van der Waals surface area (Å²) in [6.45, 7) is 3.49. The van der Waals surface area contributed by atoms with Crippen molar-refractivity contribution in [2.75, 3.05) is 31.2 Å². The highest BCUT2D eigenvalue weighted by Crippen LogP contribution is 2.39. The van der Waals surface area contributed by atoms with Gasteiger partial charge < -0.3 is 9.64 Å². The van der Waals surface area contributed by atoms with Gasteiger partial charge in [0, 0.05) is 26.7 Å². The van der Waals surface area contributed by atoms with Crippen molar-refractivity contribution in [1.82, 2.24) is 19.7 Å². The summed E-state index contributed by atoms with van der Waals surface area (Å²) in [5.41, 5.74) is 0.946. The number of nitrogens with one attached hydrogen (secondary N) is 1. The fourth-order valence-electron chi connectivity index (χ4n) is 3.66. The number of terminal acetylenes is 1. The summed E-state index contributed by atoms with van der Waals surface area (Å²) in [6.07, 6.45) is 8.67. The molecule has 2 fully saturated rings. The molecular formula is C16H19N5O2. The van der Waals surface area contributed by atoms with E-state index in [1.54, 1.807) is 11.6 Å². The number of anilines is 1. The monoisotopic (exact) mass is 313 g/mol. The Bertz CT molecular complexity index is 844. The quantitative estimate of drug-likeness (QED) is 0.782. The molecule has 0 atom stereocenters. The molecule has 0 aliphatic carbocycles. The molecule has 0 bridgehead atoms. The van der Waals surface area contributed by atoms with Crippen molar-refractivity contribution >= 4 is 17.0 Å². The van der Waals surface area contributed by atoms with Crippen LogP contribution < -0.4 is 10.5 Å². The average molecular weight is 313 g/mol. The Morgan fingerprint density at radius 1 is 1.35 bits per heavy atom. The van der Waals surface area contributed by atoms with E-state index in [0.29, 0.717) is 28.1 Å². The number of hydrogen-bond donors (Lipinski definition) is 1. The summed E-state index contributed by atoms with van der Waals surface area (Å²) >= 11 is 0. The Morgan fingerprint density at radius 2 is 2.13 bits per heavy atom. The van der Waals surface area contributed by atoms with E-state index in [4.69, 9.17) is 11.2 Å². The summed E-state index contributed by atoms with van der Waals surface area (Å²) in [5.74, 6) is 3.10. The average Bonchev–Trinajstić information content (AvgIpc) is 3.19. The first kappa shape index (κ1) is 14.3. The zero-order chi connectivity index (χ0) is 16.0. The van der Waals surface area contributed by atoms with Crippen LogP contribution in [-0.2, 0) is 11.8 Å². The van der Waals surface area contributed by atoms with E-state index in [1.807, 2.05) is 0 Å². The Morgan fingerprint density at radius 3 is 2.78 bits per heavy atom. The Kier molecular flexibility index (Phi) is 3.16. The number of aromatic amines is 1.